The first-order valence-electron chi connectivity index (χ1n) is 4.72. The molecule has 0 bridgehead atoms. The van der Waals surface area contributed by atoms with Gasteiger partial charge in [-0.25, -0.2) is 8.42 Å². The van der Waals surface area contributed by atoms with Crippen LogP contribution in [0.1, 0.15) is 6.92 Å². The van der Waals surface area contributed by atoms with E-state index in [9.17, 15) is 22.9 Å². The molecule has 1 N–H and O–H groups in total. The molecule has 0 saturated carbocycles. The Morgan fingerprint density at radius 2 is 2.17 bits per heavy atom. The zero-order chi connectivity index (χ0) is 13.8. The third kappa shape index (κ3) is 3.03. The van der Waals surface area contributed by atoms with Crippen molar-refractivity contribution < 1.29 is 17.7 Å². The van der Waals surface area contributed by atoms with Crippen molar-refractivity contribution in [3.63, 3.8) is 0 Å². The molecule has 0 radical (unpaired) electrons. The number of nitro groups is 1. The average Bonchev–Trinajstić information content (AvgIpc) is 2.28. The maximum atomic E-state index is 13.3. The Labute approximate surface area is 103 Å². The second kappa shape index (κ2) is 5.57. The van der Waals surface area contributed by atoms with Gasteiger partial charge in [0, 0.05) is 0 Å². The highest BCUT2D eigenvalue weighted by atomic mass is 32.2. The molecule has 8 heteroatoms. The van der Waals surface area contributed by atoms with E-state index in [1.54, 1.807) is 0 Å². The topological polar surface area (TPSA) is 89.3 Å². The molecule has 96 valence electrons. The lowest BCUT2D eigenvalue weighted by atomic mass is 10.3. The molecular formula is C10H9FN2O4S. The van der Waals surface area contributed by atoms with Gasteiger partial charge in [-0.05, 0) is 19.1 Å². The van der Waals surface area contributed by atoms with Crippen molar-refractivity contribution in [2.45, 2.75) is 11.8 Å². The van der Waals surface area contributed by atoms with Crippen molar-refractivity contribution in [2.24, 2.45) is 0 Å². The number of para-hydroxylation sites is 1. The predicted octanol–water partition coefficient (Wildman–Crippen LogP) is 1.04. The molecule has 1 aromatic carbocycles. The van der Waals surface area contributed by atoms with Crippen molar-refractivity contribution in [3.8, 4) is 11.8 Å². The van der Waals surface area contributed by atoms with Gasteiger partial charge in [0.25, 0.3) is 0 Å². The van der Waals surface area contributed by atoms with E-state index in [2.05, 4.69) is 11.8 Å². The minimum Gasteiger partial charge on any atom is -0.258 e. The van der Waals surface area contributed by atoms with E-state index in [0.29, 0.717) is 0 Å². The van der Waals surface area contributed by atoms with Gasteiger partial charge in [0.15, 0.2) is 4.90 Å². The molecule has 0 heterocycles. The zero-order valence-electron chi connectivity index (χ0n) is 9.31. The normalized spacial score (nSPS) is 10.6. The quantitative estimate of drug-likeness (QED) is 0.503. The second-order valence-electron chi connectivity index (χ2n) is 3.10. The van der Waals surface area contributed by atoms with Gasteiger partial charge in [0.2, 0.25) is 15.8 Å². The fourth-order valence-corrected chi connectivity index (χ4v) is 2.29. The Kier molecular flexibility index (Phi) is 4.36. The first kappa shape index (κ1) is 14.1. The van der Waals surface area contributed by atoms with E-state index in [4.69, 9.17) is 0 Å². The molecule has 1 rings (SSSR count). The van der Waals surface area contributed by atoms with Gasteiger partial charge in [0.05, 0.1) is 11.5 Å². The Morgan fingerprint density at radius 1 is 1.50 bits per heavy atom. The van der Waals surface area contributed by atoms with Gasteiger partial charge in [-0.3, -0.25) is 10.1 Å². The average molecular weight is 272 g/mol. The summed E-state index contributed by atoms with van der Waals surface area (Å²) < 4.78 is 38.8. The van der Waals surface area contributed by atoms with E-state index in [0.717, 1.165) is 18.2 Å². The summed E-state index contributed by atoms with van der Waals surface area (Å²) in [7, 11) is -4.16. The van der Waals surface area contributed by atoms with Crippen LogP contribution in [0.2, 0.25) is 0 Å². The number of rotatable bonds is 4. The van der Waals surface area contributed by atoms with E-state index < -0.39 is 31.3 Å². The predicted molar refractivity (Wildman–Crippen MR) is 61.7 cm³/mol. The highest BCUT2D eigenvalue weighted by molar-refractivity contribution is 7.89. The molecule has 0 atom stereocenters. The first-order valence-corrected chi connectivity index (χ1v) is 6.20. The summed E-state index contributed by atoms with van der Waals surface area (Å²) in [5.74, 6) is 3.68. The van der Waals surface area contributed by atoms with E-state index >= 15 is 0 Å². The number of benzene rings is 1. The number of nitrogens with zero attached hydrogens (tertiary/aromatic N) is 1. The van der Waals surface area contributed by atoms with Gasteiger partial charge < -0.3 is 0 Å². The maximum absolute atomic E-state index is 13.3. The molecule has 0 saturated heterocycles. The molecular weight excluding hydrogens is 263 g/mol. The van der Waals surface area contributed by atoms with E-state index in [1.165, 1.54) is 6.92 Å². The maximum Gasteiger partial charge on any atom is 0.324 e. The highest BCUT2D eigenvalue weighted by Crippen LogP contribution is 2.26. The SMILES string of the molecule is CC#CCNS(=O)(=O)c1cccc(F)c1[N+](=O)[O-]. The Hall–Kier alpha value is -1.98. The van der Waals surface area contributed by atoms with Gasteiger partial charge in [-0.2, -0.15) is 9.11 Å². The number of nitro benzene ring substituents is 1. The van der Waals surface area contributed by atoms with Crippen LogP contribution in [0.4, 0.5) is 10.1 Å². The third-order valence-electron chi connectivity index (χ3n) is 1.95. The summed E-state index contributed by atoms with van der Waals surface area (Å²) in [5, 5.41) is 10.7. The summed E-state index contributed by atoms with van der Waals surface area (Å²) in [6, 6.07) is 2.87. The van der Waals surface area contributed by atoms with Crippen LogP contribution in [0, 0.1) is 27.8 Å². The molecule has 0 aliphatic carbocycles. The number of sulfonamides is 1. The van der Waals surface area contributed by atoms with Crippen LogP contribution in [-0.2, 0) is 10.0 Å². The molecule has 0 aliphatic heterocycles. The number of nitrogens with one attached hydrogen (secondary N) is 1. The summed E-state index contributed by atoms with van der Waals surface area (Å²) in [6.07, 6.45) is 0. The standard InChI is InChI=1S/C10H9FN2O4S/c1-2-3-7-12-18(16,17)9-6-4-5-8(11)10(9)13(14)15/h4-6,12H,7H2,1H3. The van der Waals surface area contributed by atoms with Crippen molar-refractivity contribution in [3.05, 3.63) is 34.1 Å². The van der Waals surface area contributed by atoms with Crippen LogP contribution in [0.3, 0.4) is 0 Å². The monoisotopic (exact) mass is 272 g/mol. The molecule has 0 spiro atoms. The van der Waals surface area contributed by atoms with Gasteiger partial charge >= 0.3 is 5.69 Å². The van der Waals surface area contributed by atoms with Crippen LogP contribution in [-0.4, -0.2) is 19.9 Å². The van der Waals surface area contributed by atoms with Crippen molar-refractivity contribution >= 4 is 15.7 Å². The Balaban J connectivity index is 3.27. The molecule has 0 aromatic heterocycles. The molecule has 18 heavy (non-hydrogen) atoms. The van der Waals surface area contributed by atoms with Crippen molar-refractivity contribution in [1.29, 1.82) is 0 Å². The van der Waals surface area contributed by atoms with Crippen LogP contribution in [0.25, 0.3) is 0 Å². The largest absolute Gasteiger partial charge is 0.324 e. The summed E-state index contributed by atoms with van der Waals surface area (Å²) in [6.45, 7) is 1.31. The third-order valence-corrected chi connectivity index (χ3v) is 3.38. The van der Waals surface area contributed by atoms with Crippen molar-refractivity contribution in [2.75, 3.05) is 6.54 Å². The van der Waals surface area contributed by atoms with Crippen molar-refractivity contribution in [1.82, 2.24) is 4.72 Å². The fourth-order valence-electron chi connectivity index (χ4n) is 1.19. The molecule has 0 unspecified atom stereocenters. The molecule has 0 fully saturated rings. The number of hydrogen-bond donors (Lipinski definition) is 1. The lowest BCUT2D eigenvalue weighted by molar-refractivity contribution is -0.390. The molecule has 0 amide bonds. The fraction of sp³-hybridized carbons (Fsp3) is 0.200. The Morgan fingerprint density at radius 3 is 2.72 bits per heavy atom. The minimum atomic E-state index is -4.16. The van der Waals surface area contributed by atoms with Crippen LogP contribution >= 0.6 is 0 Å². The summed E-state index contributed by atoms with van der Waals surface area (Å²) in [5.41, 5.74) is -1.07. The summed E-state index contributed by atoms with van der Waals surface area (Å²) >= 11 is 0. The molecule has 1 aromatic rings. The van der Waals surface area contributed by atoms with Crippen LogP contribution in [0.15, 0.2) is 23.1 Å². The lowest BCUT2D eigenvalue weighted by Gasteiger charge is -2.05. The van der Waals surface area contributed by atoms with Crippen LogP contribution in [0.5, 0.6) is 0 Å². The lowest BCUT2D eigenvalue weighted by Crippen LogP contribution is -2.25. The smallest absolute Gasteiger partial charge is 0.258 e. The Bertz CT molecular complexity index is 631. The second-order valence-corrected chi connectivity index (χ2v) is 4.83. The highest BCUT2D eigenvalue weighted by Gasteiger charge is 2.28. The molecule has 0 aliphatic rings. The van der Waals surface area contributed by atoms with Crippen LogP contribution < -0.4 is 4.72 Å². The first-order chi connectivity index (χ1) is 8.40. The van der Waals surface area contributed by atoms with Gasteiger partial charge in [-0.15, -0.1) is 5.92 Å². The van der Waals surface area contributed by atoms with Gasteiger partial charge in [0.1, 0.15) is 0 Å². The van der Waals surface area contributed by atoms with E-state index in [1.807, 2.05) is 4.72 Å². The summed E-state index contributed by atoms with van der Waals surface area (Å²) in [4.78, 5) is 8.87. The molecule has 6 nitrogen and oxygen atoms in total. The number of hydrogen-bond acceptors (Lipinski definition) is 4. The van der Waals surface area contributed by atoms with Gasteiger partial charge in [-0.1, -0.05) is 12.0 Å². The minimum absolute atomic E-state index is 0.202. The van der Waals surface area contributed by atoms with E-state index in [-0.39, 0.29) is 6.54 Å². The zero-order valence-corrected chi connectivity index (χ0v) is 10.1. The number of halogens is 1.